The third-order valence-corrected chi connectivity index (χ3v) is 4.47. The summed E-state index contributed by atoms with van der Waals surface area (Å²) in [4.78, 5) is 12.5. The van der Waals surface area contributed by atoms with Crippen LogP contribution in [0.1, 0.15) is 25.8 Å². The first-order valence-electron chi connectivity index (χ1n) is 7.01. The molecule has 0 aliphatic heterocycles. The monoisotopic (exact) mass is 290 g/mol. The highest BCUT2D eigenvalue weighted by Crippen LogP contribution is 2.50. The molecule has 4 heteroatoms. The maximum absolute atomic E-state index is 12.3. The number of carbonyl (C=O) groups is 1. The molecule has 1 fully saturated rings. The van der Waals surface area contributed by atoms with E-state index in [1.54, 1.807) is 0 Å². The summed E-state index contributed by atoms with van der Waals surface area (Å²) >= 11 is 5.05. The Hall–Kier alpha value is -1.42. The molecule has 2 unspecified atom stereocenters. The van der Waals surface area contributed by atoms with Gasteiger partial charge in [-0.15, -0.1) is 0 Å². The quantitative estimate of drug-likeness (QED) is 0.790. The average molecular weight is 290 g/mol. The second kappa shape index (κ2) is 5.92. The first-order chi connectivity index (χ1) is 9.40. The van der Waals surface area contributed by atoms with Gasteiger partial charge in [-0.3, -0.25) is 4.79 Å². The predicted molar refractivity (Wildman–Crippen MR) is 85.3 cm³/mol. The Bertz CT molecular complexity index is 498. The molecule has 108 valence electrons. The van der Waals surface area contributed by atoms with E-state index in [0.29, 0.717) is 17.8 Å². The largest absolute Gasteiger partial charge is 0.393 e. The van der Waals surface area contributed by atoms with Gasteiger partial charge in [-0.1, -0.05) is 56.4 Å². The van der Waals surface area contributed by atoms with Crippen molar-refractivity contribution >= 4 is 23.1 Å². The Labute approximate surface area is 125 Å². The van der Waals surface area contributed by atoms with Crippen molar-refractivity contribution in [3.05, 3.63) is 35.9 Å². The number of carbonyl (C=O) groups excluding carboxylic acids is 1. The molecule has 3 N–H and O–H groups in total. The second-order valence-electron chi connectivity index (χ2n) is 6.28. The van der Waals surface area contributed by atoms with Crippen LogP contribution < -0.4 is 11.1 Å². The lowest BCUT2D eigenvalue weighted by Gasteiger charge is -2.16. The third kappa shape index (κ3) is 3.79. The van der Waals surface area contributed by atoms with Crippen LogP contribution in [0.4, 0.5) is 0 Å². The van der Waals surface area contributed by atoms with E-state index in [4.69, 9.17) is 18.0 Å². The van der Waals surface area contributed by atoms with Gasteiger partial charge in [-0.25, -0.2) is 0 Å². The van der Waals surface area contributed by atoms with Crippen molar-refractivity contribution in [3.63, 3.8) is 0 Å². The molecule has 2 rings (SSSR count). The summed E-state index contributed by atoms with van der Waals surface area (Å²) in [6, 6.07) is 9.84. The molecular formula is C16H22N2OS. The van der Waals surface area contributed by atoms with E-state index in [9.17, 15) is 4.79 Å². The number of amides is 1. The van der Waals surface area contributed by atoms with E-state index in [-0.39, 0.29) is 10.9 Å². The predicted octanol–water partition coefficient (Wildman–Crippen LogP) is 2.29. The van der Waals surface area contributed by atoms with Crippen molar-refractivity contribution < 1.29 is 4.79 Å². The van der Waals surface area contributed by atoms with Gasteiger partial charge in [0.15, 0.2) is 0 Å². The fourth-order valence-electron chi connectivity index (χ4n) is 2.44. The zero-order chi connectivity index (χ0) is 14.8. The zero-order valence-corrected chi connectivity index (χ0v) is 12.9. The van der Waals surface area contributed by atoms with Crippen LogP contribution in [0.25, 0.3) is 0 Å². The summed E-state index contributed by atoms with van der Waals surface area (Å²) in [6.07, 6.45) is 1.74. The Balaban J connectivity index is 1.91. The zero-order valence-electron chi connectivity index (χ0n) is 12.1. The number of hydrogen-bond acceptors (Lipinski definition) is 2. The van der Waals surface area contributed by atoms with Crippen molar-refractivity contribution in [1.29, 1.82) is 0 Å². The average Bonchev–Trinajstić information content (AvgIpc) is 3.02. The summed E-state index contributed by atoms with van der Waals surface area (Å²) in [6.45, 7) is 5.16. The highest BCUT2D eigenvalue weighted by atomic mass is 32.1. The van der Waals surface area contributed by atoms with Gasteiger partial charge in [0.1, 0.15) is 0 Å². The van der Waals surface area contributed by atoms with Crippen LogP contribution >= 0.6 is 12.2 Å². The van der Waals surface area contributed by atoms with Crippen molar-refractivity contribution in [2.75, 3.05) is 6.54 Å². The Morgan fingerprint density at radius 1 is 1.45 bits per heavy atom. The highest BCUT2D eigenvalue weighted by Gasteiger charge is 2.45. The standard InChI is InChI=1S/C16H22N2OS/c1-16(2)9-12(16)10-18-15(19)13(14(17)20)8-11-6-4-3-5-7-11/h3-7,12-13H,8-10H2,1-2H3,(H2,17,20)(H,18,19). The third-order valence-electron chi connectivity index (χ3n) is 4.18. The van der Waals surface area contributed by atoms with Gasteiger partial charge in [0.2, 0.25) is 5.91 Å². The lowest BCUT2D eigenvalue weighted by Crippen LogP contribution is -2.40. The van der Waals surface area contributed by atoms with Crippen molar-refractivity contribution in [3.8, 4) is 0 Å². The Kier molecular flexibility index (Phi) is 4.43. The van der Waals surface area contributed by atoms with Crippen LogP contribution in [0.15, 0.2) is 30.3 Å². The molecule has 0 bridgehead atoms. The minimum atomic E-state index is -0.422. The van der Waals surface area contributed by atoms with Crippen LogP contribution in [0.5, 0.6) is 0 Å². The number of rotatable bonds is 6. The number of nitrogens with two attached hydrogens (primary N) is 1. The van der Waals surface area contributed by atoms with E-state index in [0.717, 1.165) is 12.1 Å². The van der Waals surface area contributed by atoms with Crippen LogP contribution in [-0.2, 0) is 11.2 Å². The molecule has 1 amide bonds. The first kappa shape index (κ1) is 15.0. The van der Waals surface area contributed by atoms with Gasteiger partial charge >= 0.3 is 0 Å². The normalized spacial score (nSPS) is 21.0. The van der Waals surface area contributed by atoms with Gasteiger partial charge in [0.25, 0.3) is 0 Å². The lowest BCUT2D eigenvalue weighted by molar-refractivity contribution is -0.123. The topological polar surface area (TPSA) is 55.1 Å². The fraction of sp³-hybridized carbons (Fsp3) is 0.500. The van der Waals surface area contributed by atoms with Gasteiger partial charge in [0, 0.05) is 6.54 Å². The first-order valence-corrected chi connectivity index (χ1v) is 7.42. The molecule has 0 heterocycles. The smallest absolute Gasteiger partial charge is 0.230 e. The maximum atomic E-state index is 12.3. The number of thiocarbonyl (C=S) groups is 1. The highest BCUT2D eigenvalue weighted by molar-refractivity contribution is 7.80. The van der Waals surface area contributed by atoms with Gasteiger partial charge in [-0.2, -0.15) is 0 Å². The Morgan fingerprint density at radius 3 is 2.55 bits per heavy atom. The molecule has 0 saturated heterocycles. The number of benzene rings is 1. The summed E-state index contributed by atoms with van der Waals surface area (Å²) < 4.78 is 0. The number of nitrogens with one attached hydrogen (secondary N) is 1. The summed E-state index contributed by atoms with van der Waals surface area (Å²) in [7, 11) is 0. The SMILES string of the molecule is CC1(C)CC1CNC(=O)C(Cc1ccccc1)C(N)=S. The molecule has 20 heavy (non-hydrogen) atoms. The molecule has 1 aromatic carbocycles. The number of hydrogen-bond donors (Lipinski definition) is 2. The van der Waals surface area contributed by atoms with Crippen LogP contribution in [-0.4, -0.2) is 17.4 Å². The maximum Gasteiger partial charge on any atom is 0.230 e. The van der Waals surface area contributed by atoms with Crippen molar-refractivity contribution in [1.82, 2.24) is 5.32 Å². The van der Waals surface area contributed by atoms with E-state index < -0.39 is 5.92 Å². The minimum Gasteiger partial charge on any atom is -0.393 e. The van der Waals surface area contributed by atoms with Gasteiger partial charge in [0.05, 0.1) is 10.9 Å². The molecule has 3 nitrogen and oxygen atoms in total. The van der Waals surface area contributed by atoms with Crippen molar-refractivity contribution in [2.45, 2.75) is 26.7 Å². The van der Waals surface area contributed by atoms with E-state index in [1.807, 2.05) is 30.3 Å². The van der Waals surface area contributed by atoms with E-state index >= 15 is 0 Å². The fourth-order valence-corrected chi connectivity index (χ4v) is 2.63. The molecule has 1 aliphatic carbocycles. The van der Waals surface area contributed by atoms with Crippen LogP contribution in [0, 0.1) is 17.3 Å². The molecule has 1 aromatic rings. The second-order valence-corrected chi connectivity index (χ2v) is 6.75. The molecule has 2 atom stereocenters. The molecule has 0 radical (unpaired) electrons. The van der Waals surface area contributed by atoms with E-state index in [2.05, 4.69) is 19.2 Å². The van der Waals surface area contributed by atoms with Crippen molar-refractivity contribution in [2.24, 2.45) is 23.0 Å². The van der Waals surface area contributed by atoms with Gasteiger partial charge < -0.3 is 11.1 Å². The summed E-state index contributed by atoms with van der Waals surface area (Å²) in [5.41, 5.74) is 7.17. The molecule has 1 aliphatic rings. The van der Waals surface area contributed by atoms with E-state index in [1.165, 1.54) is 6.42 Å². The minimum absolute atomic E-state index is 0.0518. The summed E-state index contributed by atoms with van der Waals surface area (Å²) in [5.74, 6) is 0.105. The summed E-state index contributed by atoms with van der Waals surface area (Å²) in [5, 5.41) is 3.00. The Morgan fingerprint density at radius 2 is 2.05 bits per heavy atom. The molecule has 0 spiro atoms. The van der Waals surface area contributed by atoms with Gasteiger partial charge in [-0.05, 0) is 29.7 Å². The molecular weight excluding hydrogens is 268 g/mol. The van der Waals surface area contributed by atoms with Crippen LogP contribution in [0.3, 0.4) is 0 Å². The molecule has 0 aromatic heterocycles. The lowest BCUT2D eigenvalue weighted by atomic mass is 9.98. The van der Waals surface area contributed by atoms with Crippen LogP contribution in [0.2, 0.25) is 0 Å². The molecule has 1 saturated carbocycles.